The van der Waals surface area contributed by atoms with Crippen LogP contribution in [0.1, 0.15) is 38.5 Å². The molecule has 2 N–H and O–H groups in total. The first-order valence-electron chi connectivity index (χ1n) is 9.63. The van der Waals surface area contributed by atoms with E-state index in [0.29, 0.717) is 18.0 Å². The number of aliphatic hydroxyl groups is 1. The molecule has 4 aromatic rings. The van der Waals surface area contributed by atoms with Crippen LogP contribution in [0.2, 0.25) is 0 Å². The lowest BCUT2D eigenvalue weighted by atomic mass is 9.87. The van der Waals surface area contributed by atoms with Crippen molar-refractivity contribution in [2.75, 3.05) is 0 Å². The van der Waals surface area contributed by atoms with E-state index in [-0.39, 0.29) is 5.91 Å². The van der Waals surface area contributed by atoms with Gasteiger partial charge in [0.2, 0.25) is 5.91 Å². The van der Waals surface area contributed by atoms with Gasteiger partial charge in [-0.05, 0) is 46.7 Å². The lowest BCUT2D eigenvalue weighted by Gasteiger charge is -2.27. The lowest BCUT2D eigenvalue weighted by molar-refractivity contribution is -0.122. The van der Waals surface area contributed by atoms with Crippen molar-refractivity contribution in [1.29, 1.82) is 0 Å². The van der Waals surface area contributed by atoms with Crippen LogP contribution < -0.4 is 10.1 Å². The molecule has 3 heterocycles. The van der Waals surface area contributed by atoms with Crippen molar-refractivity contribution in [3.05, 3.63) is 104 Å². The molecule has 0 radical (unpaired) electrons. The predicted molar refractivity (Wildman–Crippen MR) is 119 cm³/mol. The summed E-state index contributed by atoms with van der Waals surface area (Å²) in [5.74, 6) is 0.954. The van der Waals surface area contributed by atoms with Gasteiger partial charge in [0.1, 0.15) is 17.6 Å². The molecule has 150 valence electrons. The number of aliphatic hydroxyl groups excluding tert-OH is 1. The van der Waals surface area contributed by atoms with E-state index in [9.17, 15) is 9.90 Å². The highest BCUT2D eigenvalue weighted by molar-refractivity contribution is 7.12. The predicted octanol–water partition coefficient (Wildman–Crippen LogP) is 5.45. The molecule has 2 aromatic heterocycles. The summed E-state index contributed by atoms with van der Waals surface area (Å²) in [4.78, 5) is 15.1. The number of ether oxygens (including phenoxy) is 1. The number of carbonyl (C=O) groups excluding carboxylic acids is 1. The Morgan fingerprint density at radius 2 is 1.70 bits per heavy atom. The standard InChI is InChI=1S/C24H19NO3S2/c26-23(15-11-12-29-14-15)21-10-9-16(30-21)13-25-24(27)22-17-5-1-3-7-19(17)28-20-8-4-2-6-18(20)22/h1-12,14,22-23,26H,13H2,(H,25,27)/t23-/m1/s1. The minimum absolute atomic E-state index is 0.0634. The van der Waals surface area contributed by atoms with Crippen molar-refractivity contribution < 1.29 is 14.6 Å². The first kappa shape index (κ1) is 19.1. The van der Waals surface area contributed by atoms with Crippen LogP contribution in [-0.4, -0.2) is 11.0 Å². The van der Waals surface area contributed by atoms with E-state index in [1.54, 1.807) is 11.3 Å². The minimum Gasteiger partial charge on any atom is -0.457 e. The van der Waals surface area contributed by atoms with Crippen LogP contribution in [0, 0.1) is 0 Å². The average molecular weight is 434 g/mol. The van der Waals surface area contributed by atoms with Crippen LogP contribution >= 0.6 is 22.7 Å². The molecule has 1 amide bonds. The summed E-state index contributed by atoms with van der Waals surface area (Å²) in [5.41, 5.74) is 2.63. The number of carbonyl (C=O) groups is 1. The molecule has 1 aliphatic heterocycles. The Bertz CT molecular complexity index is 1140. The van der Waals surface area contributed by atoms with E-state index in [0.717, 1.165) is 26.4 Å². The molecule has 30 heavy (non-hydrogen) atoms. The van der Waals surface area contributed by atoms with Gasteiger partial charge in [0.05, 0.1) is 12.5 Å². The van der Waals surface area contributed by atoms with Crippen molar-refractivity contribution in [2.24, 2.45) is 0 Å². The Labute approximate surface area is 182 Å². The number of hydrogen-bond acceptors (Lipinski definition) is 5. The van der Waals surface area contributed by atoms with E-state index in [4.69, 9.17) is 4.74 Å². The summed E-state index contributed by atoms with van der Waals surface area (Å²) in [5, 5.41) is 17.5. The molecule has 6 heteroatoms. The molecule has 1 atom stereocenters. The van der Waals surface area contributed by atoms with Gasteiger partial charge in [-0.2, -0.15) is 11.3 Å². The fraction of sp³-hybridized carbons (Fsp3) is 0.125. The third-order valence-electron chi connectivity index (χ3n) is 5.19. The Morgan fingerprint density at radius 1 is 1.00 bits per heavy atom. The summed E-state index contributed by atoms with van der Waals surface area (Å²) >= 11 is 3.08. The maximum atomic E-state index is 13.2. The van der Waals surface area contributed by atoms with E-state index >= 15 is 0 Å². The van der Waals surface area contributed by atoms with E-state index < -0.39 is 12.0 Å². The van der Waals surface area contributed by atoms with Crippen LogP contribution in [0.4, 0.5) is 0 Å². The Morgan fingerprint density at radius 3 is 2.37 bits per heavy atom. The quantitative estimate of drug-likeness (QED) is 0.440. The van der Waals surface area contributed by atoms with Gasteiger partial charge in [0, 0.05) is 20.9 Å². The molecule has 0 saturated carbocycles. The second kappa shape index (κ2) is 8.07. The molecule has 0 spiro atoms. The van der Waals surface area contributed by atoms with Crippen molar-refractivity contribution in [3.8, 4) is 11.5 Å². The zero-order valence-corrected chi connectivity index (χ0v) is 17.6. The topological polar surface area (TPSA) is 58.6 Å². The zero-order valence-electron chi connectivity index (χ0n) is 15.9. The van der Waals surface area contributed by atoms with Crippen molar-refractivity contribution in [3.63, 3.8) is 0 Å². The van der Waals surface area contributed by atoms with Crippen molar-refractivity contribution >= 4 is 28.6 Å². The molecule has 0 aliphatic carbocycles. The fourth-order valence-electron chi connectivity index (χ4n) is 3.70. The van der Waals surface area contributed by atoms with Crippen LogP contribution in [-0.2, 0) is 11.3 Å². The second-order valence-electron chi connectivity index (χ2n) is 7.09. The second-order valence-corrected chi connectivity index (χ2v) is 9.07. The van der Waals surface area contributed by atoms with Gasteiger partial charge < -0.3 is 15.2 Å². The highest BCUT2D eigenvalue weighted by Gasteiger charge is 2.32. The highest BCUT2D eigenvalue weighted by atomic mass is 32.1. The Kier molecular flexibility index (Phi) is 5.12. The van der Waals surface area contributed by atoms with Gasteiger partial charge in [-0.15, -0.1) is 11.3 Å². The first-order chi connectivity index (χ1) is 14.7. The smallest absolute Gasteiger partial charge is 0.232 e. The minimum atomic E-state index is -0.625. The van der Waals surface area contributed by atoms with Crippen LogP contribution in [0.25, 0.3) is 0 Å². The fourth-order valence-corrected chi connectivity index (χ4v) is 5.35. The van der Waals surface area contributed by atoms with Gasteiger partial charge >= 0.3 is 0 Å². The van der Waals surface area contributed by atoms with Crippen LogP contribution in [0.5, 0.6) is 11.5 Å². The number of fused-ring (bicyclic) bond motifs is 2. The molecule has 0 saturated heterocycles. The number of benzene rings is 2. The summed E-state index contributed by atoms with van der Waals surface area (Å²) in [7, 11) is 0. The molecule has 2 aromatic carbocycles. The van der Waals surface area contributed by atoms with Gasteiger partial charge in [-0.3, -0.25) is 4.79 Å². The SMILES string of the molecule is O=C(NCc1ccc([C@H](O)c2ccsc2)s1)C1c2ccccc2Oc2ccccc21. The third-order valence-corrected chi connectivity index (χ3v) is 7.03. The van der Waals surface area contributed by atoms with E-state index in [1.807, 2.05) is 77.5 Å². The number of nitrogens with one attached hydrogen (secondary N) is 1. The average Bonchev–Trinajstić information content (AvgIpc) is 3.48. The Hall–Kier alpha value is -2.93. The van der Waals surface area contributed by atoms with Gasteiger partial charge in [-0.1, -0.05) is 36.4 Å². The molecular formula is C24H19NO3S2. The van der Waals surface area contributed by atoms with E-state index in [2.05, 4.69) is 5.32 Å². The maximum absolute atomic E-state index is 13.2. The summed E-state index contributed by atoms with van der Waals surface area (Å²) in [6, 6.07) is 21.1. The first-order valence-corrected chi connectivity index (χ1v) is 11.4. The molecule has 4 nitrogen and oxygen atoms in total. The number of para-hydroxylation sites is 2. The molecular weight excluding hydrogens is 414 g/mol. The van der Waals surface area contributed by atoms with Gasteiger partial charge in [0.25, 0.3) is 0 Å². The maximum Gasteiger partial charge on any atom is 0.232 e. The molecule has 0 unspecified atom stereocenters. The van der Waals surface area contributed by atoms with Gasteiger partial charge in [0.15, 0.2) is 0 Å². The zero-order chi connectivity index (χ0) is 20.5. The number of rotatable bonds is 5. The van der Waals surface area contributed by atoms with Crippen LogP contribution in [0.15, 0.2) is 77.5 Å². The summed E-state index contributed by atoms with van der Waals surface area (Å²) in [6.07, 6.45) is -0.625. The molecule has 5 rings (SSSR count). The number of thiophene rings is 2. The Balaban J connectivity index is 1.34. The summed E-state index contributed by atoms with van der Waals surface area (Å²) < 4.78 is 5.98. The molecule has 0 bridgehead atoms. The number of hydrogen-bond donors (Lipinski definition) is 2. The number of amides is 1. The largest absolute Gasteiger partial charge is 0.457 e. The van der Waals surface area contributed by atoms with E-state index in [1.165, 1.54) is 11.3 Å². The van der Waals surface area contributed by atoms with Crippen molar-refractivity contribution in [2.45, 2.75) is 18.6 Å². The highest BCUT2D eigenvalue weighted by Crippen LogP contribution is 2.44. The van der Waals surface area contributed by atoms with Crippen LogP contribution in [0.3, 0.4) is 0 Å². The monoisotopic (exact) mass is 433 g/mol. The third kappa shape index (κ3) is 3.54. The van der Waals surface area contributed by atoms with Gasteiger partial charge in [-0.25, -0.2) is 0 Å². The normalized spacial score (nSPS) is 13.8. The van der Waals surface area contributed by atoms with Crippen molar-refractivity contribution in [1.82, 2.24) is 5.32 Å². The molecule has 1 aliphatic rings. The summed E-state index contributed by atoms with van der Waals surface area (Å²) in [6.45, 7) is 0.418. The molecule has 0 fully saturated rings. The lowest BCUT2D eigenvalue weighted by Crippen LogP contribution is -2.31.